The number of Topliss-reactive ketones (excluding diaryl/α,β-unsaturated/α-hetero) is 1. The van der Waals surface area contributed by atoms with E-state index in [1.807, 2.05) is 0 Å². The lowest BCUT2D eigenvalue weighted by Crippen LogP contribution is -2.27. The van der Waals surface area contributed by atoms with Gasteiger partial charge in [-0.25, -0.2) is 8.42 Å². The van der Waals surface area contributed by atoms with Crippen molar-refractivity contribution in [2.45, 2.75) is 32.6 Å². The summed E-state index contributed by atoms with van der Waals surface area (Å²) in [7, 11) is -3.81. The van der Waals surface area contributed by atoms with Crippen LogP contribution in [0.25, 0.3) is 0 Å². The number of ether oxygens (including phenoxy) is 1. The smallest absolute Gasteiger partial charge is 0.236 e. The van der Waals surface area contributed by atoms with Crippen LogP contribution in [-0.4, -0.2) is 36.2 Å². The van der Waals surface area contributed by atoms with Crippen LogP contribution in [0.3, 0.4) is 0 Å². The van der Waals surface area contributed by atoms with Crippen molar-refractivity contribution in [3.05, 3.63) is 102 Å². The molecule has 0 aromatic carbocycles. The molecule has 196 valence electrons. The molecular weight excluding hydrogens is 510 g/mol. The summed E-state index contributed by atoms with van der Waals surface area (Å²) in [5.41, 5.74) is 0.986. The molecule has 0 radical (unpaired) electrons. The molecule has 0 aliphatic heterocycles. The summed E-state index contributed by atoms with van der Waals surface area (Å²) >= 11 is 6.18. The Bertz CT molecular complexity index is 1250. The summed E-state index contributed by atoms with van der Waals surface area (Å²) in [6.45, 7) is 8.86. The molecule has 1 atom stereocenters. The summed E-state index contributed by atoms with van der Waals surface area (Å²) in [5, 5.41) is 7.63. The lowest BCUT2D eigenvalue weighted by atomic mass is 9.83. The van der Waals surface area contributed by atoms with Crippen molar-refractivity contribution in [1.82, 2.24) is 9.71 Å². The number of carbonyl (C=O) groups is 1. The maximum atomic E-state index is 12.9. The van der Waals surface area contributed by atoms with Gasteiger partial charge in [-0.2, -0.15) is 0 Å². The number of nitrogens with zero attached hydrogens (tertiary/aromatic N) is 1. The molecule has 2 rings (SSSR count). The Kier molecular flexibility index (Phi) is 12.5. The van der Waals surface area contributed by atoms with Gasteiger partial charge in [0, 0.05) is 12.6 Å². The van der Waals surface area contributed by atoms with E-state index < -0.39 is 20.8 Å². The van der Waals surface area contributed by atoms with Crippen molar-refractivity contribution in [3.8, 4) is 12.8 Å². The van der Waals surface area contributed by atoms with Crippen molar-refractivity contribution < 1.29 is 17.9 Å². The van der Waals surface area contributed by atoms with Crippen LogP contribution < -0.4 is 4.72 Å². The molecule has 1 unspecified atom stereocenters. The summed E-state index contributed by atoms with van der Waals surface area (Å²) in [4.78, 5) is 16.7. The highest BCUT2D eigenvalue weighted by Crippen LogP contribution is 2.29. The van der Waals surface area contributed by atoms with Gasteiger partial charge in [0.1, 0.15) is 5.69 Å². The van der Waals surface area contributed by atoms with E-state index >= 15 is 0 Å². The first kappa shape index (κ1) is 31.4. The van der Waals surface area contributed by atoms with Crippen molar-refractivity contribution in [2.24, 2.45) is 5.41 Å². The first-order chi connectivity index (χ1) is 17.5. The normalized spacial score (nSPS) is 15.9. The molecule has 0 saturated carbocycles. The zero-order chi connectivity index (χ0) is 28.1. The monoisotopic (exact) mass is 541 g/mol. The lowest BCUT2D eigenvalue weighted by molar-refractivity contribution is 0.0988. The molecule has 1 heterocycles. The number of rotatable bonds is 11. The fourth-order valence-electron chi connectivity index (χ4n) is 3.24. The van der Waals surface area contributed by atoms with Crippen molar-refractivity contribution in [2.75, 3.05) is 5.75 Å². The van der Waals surface area contributed by atoms with Gasteiger partial charge in [-0.1, -0.05) is 49.1 Å². The molecule has 7 nitrogen and oxygen atoms in total. The maximum absolute atomic E-state index is 12.9. The predicted molar refractivity (Wildman–Crippen MR) is 151 cm³/mol. The van der Waals surface area contributed by atoms with Gasteiger partial charge in [-0.3, -0.25) is 19.9 Å². The number of pyridine rings is 1. The molecule has 0 spiro atoms. The van der Waals surface area contributed by atoms with Crippen LogP contribution in [0.5, 0.6) is 0 Å². The van der Waals surface area contributed by atoms with E-state index in [9.17, 15) is 13.2 Å². The van der Waals surface area contributed by atoms with Crippen molar-refractivity contribution in [1.29, 1.82) is 5.41 Å². The number of aromatic nitrogens is 1. The molecule has 1 aromatic heterocycles. The molecule has 2 N–H and O–H groups in total. The van der Waals surface area contributed by atoms with E-state index in [0.29, 0.717) is 16.8 Å². The molecular formula is C28H32ClN3O4S. The van der Waals surface area contributed by atoms with Gasteiger partial charge in [-0.05, 0) is 50.1 Å². The highest BCUT2D eigenvalue weighted by Gasteiger charge is 2.28. The standard InChI is InChI=1S/C26H30ClN3O4S.C2H2/c1-5-20(26(3,4)25(28)34-6-2)10-9-17-35(32,33)30-22-15-14-21(27)13-12-19(22)18-24(31)23-11-7-8-16-29-23;1-2/h5-16,21,28,30H,2,17-18H2,1,3-4H3;1-2H/b10-9-,20-5+,28-25?;. The van der Waals surface area contributed by atoms with Crippen LogP contribution in [0.2, 0.25) is 0 Å². The zero-order valence-corrected chi connectivity index (χ0v) is 22.7. The number of terminal acetylenes is 1. The molecule has 0 fully saturated rings. The minimum Gasteiger partial charge on any atom is -0.451 e. The molecule has 1 aliphatic carbocycles. The Balaban J connectivity index is 0.00000334. The van der Waals surface area contributed by atoms with E-state index in [0.717, 1.165) is 0 Å². The van der Waals surface area contributed by atoms with Crippen molar-refractivity contribution >= 4 is 33.3 Å². The molecule has 37 heavy (non-hydrogen) atoms. The van der Waals surface area contributed by atoms with Gasteiger partial charge in [0.15, 0.2) is 11.7 Å². The average molecular weight is 542 g/mol. The Morgan fingerprint density at radius 3 is 2.57 bits per heavy atom. The van der Waals surface area contributed by atoms with Crippen LogP contribution in [0.1, 0.15) is 37.7 Å². The van der Waals surface area contributed by atoms with Gasteiger partial charge < -0.3 is 4.74 Å². The number of carbonyl (C=O) groups excluding carboxylic acids is 1. The fraction of sp³-hybridized carbons (Fsp3) is 0.250. The maximum Gasteiger partial charge on any atom is 0.236 e. The summed E-state index contributed by atoms with van der Waals surface area (Å²) < 4.78 is 33.4. The number of halogens is 1. The number of hydrogen-bond donors (Lipinski definition) is 2. The van der Waals surface area contributed by atoms with Gasteiger partial charge in [0.05, 0.1) is 28.5 Å². The fourth-order valence-corrected chi connectivity index (χ4v) is 4.35. The van der Waals surface area contributed by atoms with Crippen LogP contribution >= 0.6 is 11.6 Å². The number of allylic oxidation sites excluding steroid dienone is 7. The van der Waals surface area contributed by atoms with E-state index in [1.54, 1.807) is 75.4 Å². The number of nitrogens with one attached hydrogen (secondary N) is 2. The summed E-state index contributed by atoms with van der Waals surface area (Å²) in [6.07, 6.45) is 22.1. The van der Waals surface area contributed by atoms with Gasteiger partial charge in [0.25, 0.3) is 0 Å². The van der Waals surface area contributed by atoms with Crippen LogP contribution in [0.15, 0.2) is 96.6 Å². The first-order valence-electron chi connectivity index (χ1n) is 11.2. The summed E-state index contributed by atoms with van der Waals surface area (Å²) in [6, 6.07) is 5.04. The minimum absolute atomic E-state index is 0.00962. The lowest BCUT2D eigenvalue weighted by Gasteiger charge is -2.25. The highest BCUT2D eigenvalue weighted by atomic mass is 35.5. The van der Waals surface area contributed by atoms with E-state index in [4.69, 9.17) is 21.7 Å². The molecule has 1 aliphatic rings. The Hall–Kier alpha value is -3.67. The van der Waals surface area contributed by atoms with Gasteiger partial charge >= 0.3 is 0 Å². The Morgan fingerprint density at radius 1 is 1.30 bits per heavy atom. The van der Waals surface area contributed by atoms with Crippen LogP contribution in [0.4, 0.5) is 0 Å². The molecule has 0 saturated heterocycles. The second-order valence-corrected chi connectivity index (χ2v) is 10.5. The van der Waals surface area contributed by atoms with E-state index in [-0.39, 0.29) is 29.6 Å². The van der Waals surface area contributed by atoms with Crippen LogP contribution in [0, 0.1) is 23.7 Å². The Morgan fingerprint density at radius 2 is 1.97 bits per heavy atom. The van der Waals surface area contributed by atoms with Gasteiger partial charge in [-0.15, -0.1) is 24.4 Å². The van der Waals surface area contributed by atoms with E-state index in [1.165, 1.54) is 18.5 Å². The molecule has 0 amide bonds. The topological polar surface area (TPSA) is 109 Å². The minimum atomic E-state index is -3.81. The Labute approximate surface area is 224 Å². The molecule has 0 bridgehead atoms. The molecule has 1 aromatic rings. The quantitative estimate of drug-likeness (QED) is 0.0733. The third kappa shape index (κ3) is 9.71. The number of ketones is 1. The SMILES string of the molecule is C#C.C=COC(=N)C(C)(C)C(/C=C\CS(=O)(=O)NC1=C(CC(=O)c2ccccn2)C=CC(Cl)C=C1)=C/C. The zero-order valence-electron chi connectivity index (χ0n) is 21.1. The van der Waals surface area contributed by atoms with E-state index in [2.05, 4.69) is 29.1 Å². The number of alkyl halides is 1. The third-order valence-corrected chi connectivity index (χ3v) is 6.71. The van der Waals surface area contributed by atoms with Gasteiger partial charge in [0.2, 0.25) is 10.0 Å². The second kappa shape index (κ2) is 14.8. The number of hydrogen-bond acceptors (Lipinski definition) is 6. The largest absolute Gasteiger partial charge is 0.451 e. The predicted octanol–water partition coefficient (Wildman–Crippen LogP) is 5.48. The average Bonchev–Trinajstić information content (AvgIpc) is 3.04. The highest BCUT2D eigenvalue weighted by molar-refractivity contribution is 7.89. The third-order valence-electron chi connectivity index (χ3n) is 5.26. The summed E-state index contributed by atoms with van der Waals surface area (Å²) in [5.74, 6) is -0.569. The van der Waals surface area contributed by atoms with Crippen molar-refractivity contribution in [3.63, 3.8) is 0 Å². The number of sulfonamides is 1. The second-order valence-electron chi connectivity index (χ2n) is 8.19. The van der Waals surface area contributed by atoms with Crippen LogP contribution in [-0.2, 0) is 14.8 Å². The first-order valence-corrected chi connectivity index (χ1v) is 13.3. The molecule has 9 heteroatoms.